The summed E-state index contributed by atoms with van der Waals surface area (Å²) in [5.74, 6) is 0. The molecule has 5 rings (SSSR count). The number of para-hydroxylation sites is 1. The Bertz CT molecular complexity index is 1810. The molecule has 0 aliphatic carbocycles. The van der Waals surface area contributed by atoms with E-state index in [0.717, 1.165) is 25.5 Å². The van der Waals surface area contributed by atoms with Crippen LogP contribution in [-0.4, -0.2) is 24.6 Å². The number of nitrogens with zero attached hydrogens (tertiary/aromatic N) is 3. The molecule has 39 heavy (non-hydrogen) atoms. The SMILES string of the molecule is CCn1c(=O)/c(=C/C=C2\Sc3ccccc3N2C)s/c1=C\c1cccc[n+]1C.Cc1ccc(S(=O)(=O)[O-])cc1. The lowest BCUT2D eigenvalue weighted by molar-refractivity contribution is -0.673. The molecular formula is C29H29N3O4S3. The Morgan fingerprint density at radius 3 is 2.33 bits per heavy atom. The van der Waals surface area contributed by atoms with E-state index in [-0.39, 0.29) is 10.5 Å². The van der Waals surface area contributed by atoms with Gasteiger partial charge in [-0.1, -0.05) is 41.6 Å². The average molecular weight is 580 g/mol. The molecule has 0 spiro atoms. The van der Waals surface area contributed by atoms with Gasteiger partial charge in [0.25, 0.3) is 5.56 Å². The van der Waals surface area contributed by atoms with E-state index in [4.69, 9.17) is 0 Å². The van der Waals surface area contributed by atoms with Crippen molar-refractivity contribution >= 4 is 51.1 Å². The van der Waals surface area contributed by atoms with Crippen molar-refractivity contribution in [3.05, 3.63) is 115 Å². The maximum absolute atomic E-state index is 12.9. The van der Waals surface area contributed by atoms with Gasteiger partial charge < -0.3 is 9.45 Å². The highest BCUT2D eigenvalue weighted by atomic mass is 32.2. The quantitative estimate of drug-likeness (QED) is 0.272. The number of aromatic nitrogens is 2. The van der Waals surface area contributed by atoms with Crippen LogP contribution in [0.1, 0.15) is 18.2 Å². The number of hydrogen-bond donors (Lipinski definition) is 0. The number of fused-ring (bicyclic) bond motifs is 1. The topological polar surface area (TPSA) is 86.3 Å². The number of aryl methyl sites for hydroxylation is 2. The first-order valence-corrected chi connectivity index (χ1v) is 15.2. The van der Waals surface area contributed by atoms with Crippen LogP contribution in [0.15, 0.2) is 98.6 Å². The van der Waals surface area contributed by atoms with E-state index in [1.54, 1.807) is 23.9 Å². The summed E-state index contributed by atoms with van der Waals surface area (Å²) in [4.78, 5) is 16.1. The van der Waals surface area contributed by atoms with E-state index in [1.165, 1.54) is 34.1 Å². The minimum Gasteiger partial charge on any atom is -0.744 e. The van der Waals surface area contributed by atoms with Gasteiger partial charge >= 0.3 is 0 Å². The standard InChI is InChI=1S/C22H22N3OS2.C7H8O3S/c1-4-25-21(15-16-9-7-8-14-23(16)2)28-19(22(25)26)12-13-20-24(3)17-10-5-6-11-18(17)27-20;1-6-2-4-7(5-3-6)11(8,9)10/h5-15H,4H2,1-3H3;2-5H,1H3,(H,8,9,10)/q+1;/p-1/b19-12-,20-13-;. The van der Waals surface area contributed by atoms with E-state index in [0.29, 0.717) is 6.54 Å². The number of thiazole rings is 1. The average Bonchev–Trinajstić information content (AvgIpc) is 3.39. The molecule has 0 unspecified atom stereocenters. The molecule has 1 aliphatic rings. The Morgan fingerprint density at radius 2 is 1.69 bits per heavy atom. The summed E-state index contributed by atoms with van der Waals surface area (Å²) in [7, 11) is -0.198. The molecule has 4 aromatic rings. The molecule has 0 N–H and O–H groups in total. The first-order chi connectivity index (χ1) is 18.6. The van der Waals surface area contributed by atoms with E-state index in [9.17, 15) is 17.8 Å². The zero-order valence-electron chi connectivity index (χ0n) is 22.1. The van der Waals surface area contributed by atoms with Crippen LogP contribution in [0.4, 0.5) is 5.69 Å². The van der Waals surface area contributed by atoms with E-state index in [1.807, 2.05) is 62.0 Å². The number of benzene rings is 2. The van der Waals surface area contributed by atoms with Crippen LogP contribution in [0, 0.1) is 6.92 Å². The summed E-state index contributed by atoms with van der Waals surface area (Å²) in [6, 6.07) is 20.2. The van der Waals surface area contributed by atoms with Crippen molar-refractivity contribution in [2.24, 2.45) is 7.05 Å². The summed E-state index contributed by atoms with van der Waals surface area (Å²) in [5, 5.41) is 1.12. The van der Waals surface area contributed by atoms with Crippen LogP contribution >= 0.6 is 23.1 Å². The van der Waals surface area contributed by atoms with Gasteiger partial charge in [0, 0.05) is 36.7 Å². The molecule has 0 saturated carbocycles. The molecule has 7 nitrogen and oxygen atoms in total. The number of thioether (sulfide) groups is 1. The maximum Gasteiger partial charge on any atom is 0.269 e. The fourth-order valence-electron chi connectivity index (χ4n) is 3.89. The molecule has 0 bridgehead atoms. The third-order valence-electron chi connectivity index (χ3n) is 6.08. The zero-order valence-corrected chi connectivity index (χ0v) is 24.5. The summed E-state index contributed by atoms with van der Waals surface area (Å²) in [5.41, 5.74) is 3.27. The van der Waals surface area contributed by atoms with Crippen molar-refractivity contribution in [2.45, 2.75) is 30.2 Å². The highest BCUT2D eigenvalue weighted by molar-refractivity contribution is 8.03. The molecule has 3 heterocycles. The molecule has 0 atom stereocenters. The Morgan fingerprint density at radius 1 is 1.00 bits per heavy atom. The number of hydrogen-bond acceptors (Lipinski definition) is 7. The largest absolute Gasteiger partial charge is 0.744 e. The van der Waals surface area contributed by atoms with E-state index in [2.05, 4.69) is 46.9 Å². The predicted octanol–water partition coefficient (Wildman–Crippen LogP) is 3.35. The van der Waals surface area contributed by atoms with Crippen molar-refractivity contribution in [3.8, 4) is 0 Å². The highest BCUT2D eigenvalue weighted by Crippen LogP contribution is 2.44. The number of pyridine rings is 1. The van der Waals surface area contributed by atoms with Gasteiger partial charge in [-0.3, -0.25) is 9.36 Å². The van der Waals surface area contributed by atoms with Gasteiger partial charge in [-0.15, -0.1) is 11.3 Å². The molecule has 202 valence electrons. The Hall–Kier alpha value is -3.44. The summed E-state index contributed by atoms with van der Waals surface area (Å²) < 4.78 is 36.8. The van der Waals surface area contributed by atoms with Crippen molar-refractivity contribution in [1.82, 2.24) is 4.57 Å². The fourth-order valence-corrected chi connectivity index (χ4v) is 6.47. The third-order valence-corrected chi connectivity index (χ3v) is 9.19. The van der Waals surface area contributed by atoms with Crippen LogP contribution < -0.4 is 24.2 Å². The Labute approximate surface area is 236 Å². The van der Waals surface area contributed by atoms with Gasteiger partial charge in [-0.25, -0.2) is 13.0 Å². The van der Waals surface area contributed by atoms with Crippen LogP contribution in [0.5, 0.6) is 0 Å². The predicted molar refractivity (Wildman–Crippen MR) is 157 cm³/mol. The van der Waals surface area contributed by atoms with Crippen molar-refractivity contribution in [1.29, 1.82) is 0 Å². The maximum atomic E-state index is 12.9. The second kappa shape index (κ2) is 12.2. The fraction of sp³-hybridized carbons (Fsp3) is 0.172. The second-order valence-corrected chi connectivity index (χ2v) is 12.3. The lowest BCUT2D eigenvalue weighted by atomic mass is 10.2. The third kappa shape index (κ3) is 6.77. The second-order valence-electron chi connectivity index (χ2n) is 8.80. The number of allylic oxidation sites excluding steroid dienone is 1. The highest BCUT2D eigenvalue weighted by Gasteiger charge is 2.20. The van der Waals surface area contributed by atoms with Crippen LogP contribution in [0.3, 0.4) is 0 Å². The molecule has 0 amide bonds. The normalized spacial score (nSPS) is 14.9. The molecule has 2 aromatic heterocycles. The van der Waals surface area contributed by atoms with Crippen LogP contribution in [0.2, 0.25) is 0 Å². The lowest BCUT2D eigenvalue weighted by Crippen LogP contribution is -2.33. The summed E-state index contributed by atoms with van der Waals surface area (Å²) in [6.07, 6.45) is 8.08. The Balaban J connectivity index is 0.000000270. The van der Waals surface area contributed by atoms with E-state index < -0.39 is 10.1 Å². The van der Waals surface area contributed by atoms with Crippen molar-refractivity contribution in [2.75, 3.05) is 11.9 Å². The monoisotopic (exact) mass is 579 g/mol. The molecular weight excluding hydrogens is 551 g/mol. The van der Waals surface area contributed by atoms with Gasteiger partial charge in [0.1, 0.15) is 21.8 Å². The van der Waals surface area contributed by atoms with Gasteiger partial charge in [0.05, 0.1) is 20.1 Å². The van der Waals surface area contributed by atoms with Gasteiger partial charge in [-0.2, -0.15) is 0 Å². The molecule has 0 saturated heterocycles. The molecule has 0 fully saturated rings. The zero-order chi connectivity index (χ0) is 28.2. The summed E-state index contributed by atoms with van der Waals surface area (Å²) >= 11 is 3.27. The minimum absolute atomic E-state index is 0.0670. The smallest absolute Gasteiger partial charge is 0.269 e. The Kier molecular flexibility index (Phi) is 8.91. The van der Waals surface area contributed by atoms with Gasteiger partial charge in [-0.05, 0) is 56.3 Å². The number of rotatable bonds is 4. The lowest BCUT2D eigenvalue weighted by Gasteiger charge is -2.12. The molecule has 10 heteroatoms. The first-order valence-electron chi connectivity index (χ1n) is 12.2. The first kappa shape index (κ1) is 28.6. The van der Waals surface area contributed by atoms with Crippen molar-refractivity contribution in [3.63, 3.8) is 0 Å². The van der Waals surface area contributed by atoms with E-state index >= 15 is 0 Å². The van der Waals surface area contributed by atoms with Gasteiger partial charge in [0.15, 0.2) is 6.20 Å². The summed E-state index contributed by atoms with van der Waals surface area (Å²) in [6.45, 7) is 4.49. The van der Waals surface area contributed by atoms with Gasteiger partial charge in [0.2, 0.25) is 5.69 Å². The number of anilines is 1. The van der Waals surface area contributed by atoms with Crippen LogP contribution in [-0.2, 0) is 23.7 Å². The minimum atomic E-state index is -4.27. The molecule has 2 aromatic carbocycles. The molecule has 0 radical (unpaired) electrons. The van der Waals surface area contributed by atoms with Crippen LogP contribution in [0.25, 0.3) is 12.2 Å². The molecule has 1 aliphatic heterocycles. The van der Waals surface area contributed by atoms with Crippen molar-refractivity contribution < 1.29 is 17.5 Å².